The van der Waals surface area contributed by atoms with Gasteiger partial charge in [-0.3, -0.25) is 0 Å². The molecule has 0 saturated heterocycles. The van der Waals surface area contributed by atoms with Gasteiger partial charge in [-0.05, 0) is 49.4 Å². The number of esters is 1. The van der Waals surface area contributed by atoms with Crippen molar-refractivity contribution in [1.29, 1.82) is 0 Å². The minimum absolute atomic E-state index is 0.00171. The lowest BCUT2D eigenvalue weighted by Gasteiger charge is -2.38. The summed E-state index contributed by atoms with van der Waals surface area (Å²) in [6.07, 6.45) is -10.8. The Bertz CT molecular complexity index is 484. The number of fused-ring (bicyclic) bond motifs is 2. The van der Waals surface area contributed by atoms with Crippen molar-refractivity contribution in [2.75, 3.05) is 6.61 Å². The summed E-state index contributed by atoms with van der Waals surface area (Å²) in [5, 5.41) is 9.37. The molecule has 138 valence electrons. The van der Waals surface area contributed by atoms with E-state index in [2.05, 4.69) is 6.58 Å². The Kier molecular flexibility index (Phi) is 4.96. The predicted octanol–water partition coefficient (Wildman–Crippen LogP) is 3.62. The number of alkyl halides is 6. The molecular weight excluding hydrogens is 342 g/mol. The maximum atomic E-state index is 12.8. The first-order chi connectivity index (χ1) is 10.9. The van der Waals surface area contributed by atoms with Gasteiger partial charge < -0.3 is 9.84 Å². The number of carbonyl (C=O) groups is 1. The van der Waals surface area contributed by atoms with E-state index in [1.165, 1.54) is 0 Å². The highest BCUT2D eigenvalue weighted by molar-refractivity contribution is 5.81. The fourth-order valence-corrected chi connectivity index (χ4v) is 4.10. The first kappa shape index (κ1) is 19.1. The molecule has 0 heterocycles. The molecule has 4 unspecified atom stereocenters. The molecular formula is C15H18F6O3. The Hall–Kier alpha value is -1.25. The van der Waals surface area contributed by atoms with E-state index < -0.39 is 42.2 Å². The molecule has 9 heteroatoms. The van der Waals surface area contributed by atoms with E-state index in [0.717, 1.165) is 6.08 Å². The molecule has 2 saturated carbocycles. The SMILES string of the molecule is C=CC(=O)OCC1CC2CC(CC(O)(C(F)(F)F)C(F)(F)F)C1C2. The third-order valence-corrected chi connectivity index (χ3v) is 5.19. The van der Waals surface area contributed by atoms with Gasteiger partial charge in [-0.25, -0.2) is 4.79 Å². The number of ether oxygens (including phenoxy) is 1. The molecule has 0 spiro atoms. The fourth-order valence-electron chi connectivity index (χ4n) is 4.10. The predicted molar refractivity (Wildman–Crippen MR) is 70.6 cm³/mol. The van der Waals surface area contributed by atoms with Crippen molar-refractivity contribution in [3.05, 3.63) is 12.7 Å². The Morgan fingerprint density at radius 3 is 2.08 bits per heavy atom. The number of hydrogen-bond acceptors (Lipinski definition) is 3. The molecule has 0 aliphatic heterocycles. The van der Waals surface area contributed by atoms with Crippen LogP contribution in [0.5, 0.6) is 0 Å². The van der Waals surface area contributed by atoms with Gasteiger partial charge in [0.05, 0.1) is 6.61 Å². The Labute approximate surface area is 134 Å². The summed E-state index contributed by atoms with van der Waals surface area (Å²) in [5.41, 5.74) is -4.71. The van der Waals surface area contributed by atoms with Gasteiger partial charge in [-0.2, -0.15) is 26.3 Å². The van der Waals surface area contributed by atoms with Gasteiger partial charge in [0, 0.05) is 6.08 Å². The quantitative estimate of drug-likeness (QED) is 0.463. The second kappa shape index (κ2) is 6.24. The maximum Gasteiger partial charge on any atom is 0.426 e. The molecule has 0 aromatic carbocycles. The van der Waals surface area contributed by atoms with Crippen LogP contribution in [-0.2, 0) is 9.53 Å². The molecule has 1 N–H and O–H groups in total. The summed E-state index contributed by atoms with van der Waals surface area (Å²) in [4.78, 5) is 11.1. The summed E-state index contributed by atoms with van der Waals surface area (Å²) < 4.78 is 81.9. The van der Waals surface area contributed by atoms with Crippen LogP contribution < -0.4 is 0 Å². The van der Waals surface area contributed by atoms with Gasteiger partial charge in [-0.1, -0.05) is 6.58 Å². The summed E-state index contributed by atoms with van der Waals surface area (Å²) in [6.45, 7) is 3.16. The molecule has 4 atom stereocenters. The molecule has 24 heavy (non-hydrogen) atoms. The van der Waals surface area contributed by atoms with Crippen LogP contribution in [-0.4, -0.2) is 35.6 Å². The van der Waals surface area contributed by atoms with Gasteiger partial charge in [0.15, 0.2) is 0 Å². The van der Waals surface area contributed by atoms with Crippen LogP contribution in [0, 0.1) is 23.7 Å². The Morgan fingerprint density at radius 2 is 1.62 bits per heavy atom. The summed E-state index contributed by atoms with van der Waals surface area (Å²) in [6, 6.07) is 0. The number of carbonyl (C=O) groups excluding carboxylic acids is 1. The van der Waals surface area contributed by atoms with E-state index in [0.29, 0.717) is 12.8 Å². The van der Waals surface area contributed by atoms with E-state index in [4.69, 9.17) is 4.74 Å². The molecule has 2 aliphatic carbocycles. The van der Waals surface area contributed by atoms with E-state index in [1.807, 2.05) is 0 Å². The van der Waals surface area contributed by atoms with Crippen molar-refractivity contribution < 1.29 is 41.0 Å². The maximum absolute atomic E-state index is 12.8. The third kappa shape index (κ3) is 3.41. The zero-order valence-corrected chi connectivity index (χ0v) is 12.7. The number of halogens is 6. The highest BCUT2D eigenvalue weighted by Crippen LogP contribution is 2.57. The summed E-state index contributed by atoms with van der Waals surface area (Å²) >= 11 is 0. The van der Waals surface area contributed by atoms with Gasteiger partial charge in [0.25, 0.3) is 5.60 Å². The first-order valence-electron chi connectivity index (χ1n) is 7.54. The topological polar surface area (TPSA) is 46.5 Å². The monoisotopic (exact) mass is 360 g/mol. The molecule has 2 rings (SSSR count). The molecule has 2 bridgehead atoms. The zero-order valence-electron chi connectivity index (χ0n) is 12.7. The average molecular weight is 360 g/mol. The van der Waals surface area contributed by atoms with Crippen LogP contribution in [0.1, 0.15) is 25.7 Å². The van der Waals surface area contributed by atoms with Gasteiger partial charge in [0.2, 0.25) is 0 Å². The van der Waals surface area contributed by atoms with E-state index in [-0.39, 0.29) is 24.9 Å². The fraction of sp³-hybridized carbons (Fsp3) is 0.800. The van der Waals surface area contributed by atoms with Gasteiger partial charge in [0.1, 0.15) is 0 Å². The molecule has 0 aromatic heterocycles. The van der Waals surface area contributed by atoms with Crippen molar-refractivity contribution in [1.82, 2.24) is 0 Å². The van der Waals surface area contributed by atoms with Crippen molar-refractivity contribution in [2.24, 2.45) is 23.7 Å². The molecule has 0 aromatic rings. The summed E-state index contributed by atoms with van der Waals surface area (Å²) in [7, 11) is 0. The van der Waals surface area contributed by atoms with E-state index in [9.17, 15) is 36.2 Å². The normalized spacial score (nSPS) is 30.5. The van der Waals surface area contributed by atoms with Crippen LogP contribution in [0.2, 0.25) is 0 Å². The molecule has 3 nitrogen and oxygen atoms in total. The second-order valence-electron chi connectivity index (χ2n) is 6.65. The highest BCUT2D eigenvalue weighted by Gasteiger charge is 2.71. The molecule has 0 radical (unpaired) electrons. The van der Waals surface area contributed by atoms with Gasteiger partial charge in [-0.15, -0.1) is 0 Å². The lowest BCUT2D eigenvalue weighted by Crippen LogP contribution is -2.58. The van der Waals surface area contributed by atoms with Crippen molar-refractivity contribution in [3.63, 3.8) is 0 Å². The number of aliphatic hydroxyl groups is 1. The Morgan fingerprint density at radius 1 is 1.08 bits per heavy atom. The van der Waals surface area contributed by atoms with Crippen molar-refractivity contribution in [3.8, 4) is 0 Å². The van der Waals surface area contributed by atoms with Gasteiger partial charge >= 0.3 is 18.3 Å². The van der Waals surface area contributed by atoms with E-state index in [1.54, 1.807) is 0 Å². The van der Waals surface area contributed by atoms with Crippen LogP contribution >= 0.6 is 0 Å². The minimum Gasteiger partial charge on any atom is -0.462 e. The minimum atomic E-state index is -5.79. The third-order valence-electron chi connectivity index (χ3n) is 5.19. The second-order valence-corrected chi connectivity index (χ2v) is 6.65. The van der Waals surface area contributed by atoms with Crippen LogP contribution in [0.25, 0.3) is 0 Å². The lowest BCUT2D eigenvalue weighted by atomic mass is 9.75. The zero-order chi connectivity index (χ0) is 18.3. The van der Waals surface area contributed by atoms with Crippen molar-refractivity contribution in [2.45, 2.75) is 43.6 Å². The average Bonchev–Trinajstić information content (AvgIpc) is 3.01. The lowest BCUT2D eigenvalue weighted by molar-refractivity contribution is -0.373. The standard InChI is InChI=1S/C15H18F6O3/c1-2-12(22)24-7-10-4-8-3-9(11(10)5-8)6-13(23,14(16,17)18)15(19,20)21/h2,8-11,23H,1,3-7H2. The van der Waals surface area contributed by atoms with Crippen molar-refractivity contribution >= 4 is 5.97 Å². The number of rotatable bonds is 5. The van der Waals surface area contributed by atoms with Crippen LogP contribution in [0.4, 0.5) is 26.3 Å². The number of hydrogen-bond donors (Lipinski definition) is 1. The molecule has 0 amide bonds. The first-order valence-corrected chi connectivity index (χ1v) is 7.54. The Balaban J connectivity index is 2.09. The van der Waals surface area contributed by atoms with Crippen LogP contribution in [0.15, 0.2) is 12.7 Å². The summed E-state index contributed by atoms with van der Waals surface area (Å²) in [5.74, 6) is -2.31. The highest BCUT2D eigenvalue weighted by atomic mass is 19.4. The largest absolute Gasteiger partial charge is 0.462 e. The smallest absolute Gasteiger partial charge is 0.426 e. The van der Waals surface area contributed by atoms with Crippen LogP contribution in [0.3, 0.4) is 0 Å². The molecule has 2 aliphatic rings. The van der Waals surface area contributed by atoms with E-state index >= 15 is 0 Å². The molecule has 2 fully saturated rings.